The fraction of sp³-hybridized carbons (Fsp3) is 0.515. The van der Waals surface area contributed by atoms with E-state index >= 15 is 0 Å². The van der Waals surface area contributed by atoms with E-state index in [1.807, 2.05) is 27.0 Å². The summed E-state index contributed by atoms with van der Waals surface area (Å²) in [4.78, 5) is 27.2. The van der Waals surface area contributed by atoms with Gasteiger partial charge in [0.15, 0.2) is 5.78 Å². The van der Waals surface area contributed by atoms with Crippen LogP contribution in [-0.4, -0.2) is 73.9 Å². The molecule has 1 N–H and O–H groups in total. The molecule has 2 aliphatic rings. The number of rotatable bonds is 9. The Morgan fingerprint density at radius 1 is 1.14 bits per heavy atom. The average Bonchev–Trinajstić information content (AvgIpc) is 3.43. The third-order valence-corrected chi connectivity index (χ3v) is 7.84. The van der Waals surface area contributed by atoms with Crippen molar-refractivity contribution in [2.45, 2.75) is 90.1 Å². The van der Waals surface area contributed by atoms with Crippen LogP contribution in [0.15, 0.2) is 48.7 Å². The zero-order valence-electron chi connectivity index (χ0n) is 25.5. The number of ether oxygens (including phenoxy) is 3. The molecule has 1 spiro atoms. The first-order chi connectivity index (χ1) is 20.5. The van der Waals surface area contributed by atoms with Gasteiger partial charge in [-0.05, 0) is 51.3 Å². The van der Waals surface area contributed by atoms with Crippen LogP contribution in [0.5, 0.6) is 11.5 Å². The van der Waals surface area contributed by atoms with E-state index < -0.39 is 17.3 Å². The van der Waals surface area contributed by atoms with Crippen molar-refractivity contribution < 1.29 is 28.9 Å². The summed E-state index contributed by atoms with van der Waals surface area (Å²) in [7, 11) is 0. The number of aryl methyl sites for hydroxylation is 1. The van der Waals surface area contributed by atoms with E-state index in [1.54, 1.807) is 27.8 Å². The number of likely N-dealkylation sites (tertiary alicyclic amines) is 1. The van der Waals surface area contributed by atoms with Crippen LogP contribution in [0.2, 0.25) is 0 Å². The molecule has 0 unspecified atom stereocenters. The van der Waals surface area contributed by atoms with Crippen LogP contribution in [0, 0.1) is 0 Å². The maximum absolute atomic E-state index is 13.0. The van der Waals surface area contributed by atoms with Gasteiger partial charge in [0.25, 0.3) is 0 Å². The summed E-state index contributed by atoms with van der Waals surface area (Å²) in [6.45, 7) is 8.87. The number of benzene rings is 2. The zero-order valence-corrected chi connectivity index (χ0v) is 25.5. The number of nitrogens with zero attached hydrogens (tertiary/aromatic N) is 4. The second kappa shape index (κ2) is 12.8. The number of amides is 1. The first-order valence-corrected chi connectivity index (χ1v) is 15.2. The highest BCUT2D eigenvalue weighted by atomic mass is 16.6. The molecule has 1 aromatic heterocycles. The average molecular weight is 591 g/mol. The van der Waals surface area contributed by atoms with Gasteiger partial charge in [-0.25, -0.2) is 9.48 Å². The predicted molar refractivity (Wildman–Crippen MR) is 161 cm³/mol. The molecule has 10 heteroatoms. The van der Waals surface area contributed by atoms with E-state index in [0.717, 1.165) is 17.7 Å². The Balaban J connectivity index is 1.14. The van der Waals surface area contributed by atoms with Gasteiger partial charge in [-0.1, -0.05) is 42.8 Å². The third-order valence-electron chi connectivity index (χ3n) is 7.84. The van der Waals surface area contributed by atoms with Crippen molar-refractivity contribution in [2.75, 3.05) is 19.7 Å². The lowest BCUT2D eigenvalue weighted by Gasteiger charge is -2.44. The Kier molecular flexibility index (Phi) is 9.05. The number of carbonyl (C=O) groups excluding carboxylic acids is 2. The Labute approximate surface area is 252 Å². The van der Waals surface area contributed by atoms with Crippen LogP contribution in [0.25, 0.3) is 11.3 Å². The quantitative estimate of drug-likeness (QED) is 0.349. The molecule has 0 bridgehead atoms. The van der Waals surface area contributed by atoms with Gasteiger partial charge in [-0.3, -0.25) is 4.79 Å². The molecule has 1 saturated heterocycles. The SMILES string of the molecule is CCCCc1ccc(-c2cn(C[C@@H](O)COc3ccc4c(c3)OC3(CCN(C(=O)OC(C)(C)C)CC3)CC4=O)nn2)cc1. The van der Waals surface area contributed by atoms with Crippen molar-refractivity contribution in [3.05, 3.63) is 59.8 Å². The second-order valence-electron chi connectivity index (χ2n) is 12.6. The monoisotopic (exact) mass is 590 g/mol. The molecular weight excluding hydrogens is 548 g/mol. The minimum atomic E-state index is -0.826. The highest BCUT2D eigenvalue weighted by Crippen LogP contribution is 2.41. The number of aliphatic hydroxyl groups excluding tert-OH is 1. The van der Waals surface area contributed by atoms with E-state index in [9.17, 15) is 14.7 Å². The number of hydrogen-bond acceptors (Lipinski definition) is 8. The van der Waals surface area contributed by atoms with Crippen molar-refractivity contribution >= 4 is 11.9 Å². The number of unbranched alkanes of at least 4 members (excludes halogenated alkanes) is 1. The topological polar surface area (TPSA) is 116 Å². The molecule has 0 saturated carbocycles. The number of aromatic nitrogens is 3. The van der Waals surface area contributed by atoms with E-state index in [0.29, 0.717) is 43.0 Å². The van der Waals surface area contributed by atoms with Gasteiger partial charge in [0.1, 0.15) is 41.1 Å². The van der Waals surface area contributed by atoms with E-state index in [4.69, 9.17) is 14.2 Å². The molecule has 3 aromatic rings. The molecule has 43 heavy (non-hydrogen) atoms. The fourth-order valence-corrected chi connectivity index (χ4v) is 5.47. The van der Waals surface area contributed by atoms with Crippen molar-refractivity contribution in [3.8, 4) is 22.8 Å². The molecule has 5 rings (SSSR count). The summed E-state index contributed by atoms with van der Waals surface area (Å²) < 4.78 is 19.4. The number of Topliss-reactive ketones (excluding diaryl/α,β-unsaturated/α-hetero) is 1. The number of aliphatic hydroxyl groups is 1. The van der Waals surface area contributed by atoms with Crippen molar-refractivity contribution in [1.82, 2.24) is 19.9 Å². The fourth-order valence-electron chi connectivity index (χ4n) is 5.47. The van der Waals surface area contributed by atoms with Gasteiger partial charge in [0, 0.05) is 37.6 Å². The van der Waals surface area contributed by atoms with Gasteiger partial charge in [-0.2, -0.15) is 0 Å². The van der Waals surface area contributed by atoms with E-state index in [2.05, 4.69) is 41.5 Å². The van der Waals surface area contributed by atoms with Gasteiger partial charge in [0.05, 0.1) is 24.7 Å². The van der Waals surface area contributed by atoms with Crippen LogP contribution in [0.3, 0.4) is 0 Å². The van der Waals surface area contributed by atoms with Crippen LogP contribution in [0.1, 0.15) is 75.7 Å². The van der Waals surface area contributed by atoms with Crippen molar-refractivity contribution in [1.29, 1.82) is 0 Å². The highest BCUT2D eigenvalue weighted by Gasteiger charge is 2.44. The molecule has 230 valence electrons. The number of ketones is 1. The van der Waals surface area contributed by atoms with E-state index in [-0.39, 0.29) is 31.4 Å². The Bertz CT molecular complexity index is 1420. The molecule has 0 radical (unpaired) electrons. The molecule has 1 fully saturated rings. The lowest BCUT2D eigenvalue weighted by molar-refractivity contribution is -0.0227. The summed E-state index contributed by atoms with van der Waals surface area (Å²) in [6.07, 6.45) is 5.38. The summed E-state index contributed by atoms with van der Waals surface area (Å²) in [5.74, 6) is 0.975. The number of piperidine rings is 1. The molecule has 2 aliphatic heterocycles. The standard InChI is InChI=1S/C33H42N4O6/c1-5-6-7-23-8-10-24(11-9-23)28-21-37(35-34-28)20-25(38)22-41-26-12-13-27-29(39)19-33(42-30(27)18-26)14-16-36(17-15-33)31(40)43-32(2,3)4/h8-13,18,21,25,38H,5-7,14-17,19-20,22H2,1-4H3/t25-/m1/s1. The molecule has 10 nitrogen and oxygen atoms in total. The summed E-state index contributed by atoms with van der Waals surface area (Å²) >= 11 is 0. The first-order valence-electron chi connectivity index (χ1n) is 15.2. The molecule has 0 aliphatic carbocycles. The zero-order chi connectivity index (χ0) is 30.6. The van der Waals surface area contributed by atoms with Gasteiger partial charge in [0.2, 0.25) is 0 Å². The van der Waals surface area contributed by atoms with E-state index in [1.165, 1.54) is 18.4 Å². The van der Waals surface area contributed by atoms with Gasteiger partial charge < -0.3 is 24.2 Å². The molecule has 1 amide bonds. The summed E-state index contributed by atoms with van der Waals surface area (Å²) in [5.41, 5.74) is 2.32. The number of carbonyl (C=O) groups is 2. The summed E-state index contributed by atoms with van der Waals surface area (Å²) in [5, 5.41) is 19.1. The van der Waals surface area contributed by atoms with Crippen LogP contribution >= 0.6 is 0 Å². The molecular formula is C33H42N4O6. The lowest BCUT2D eigenvalue weighted by atomic mass is 9.82. The van der Waals surface area contributed by atoms with Crippen LogP contribution < -0.4 is 9.47 Å². The smallest absolute Gasteiger partial charge is 0.410 e. The van der Waals surface area contributed by atoms with Crippen molar-refractivity contribution in [2.24, 2.45) is 0 Å². The molecule has 2 aromatic carbocycles. The minimum absolute atomic E-state index is 0.0103. The number of hydrogen-bond donors (Lipinski definition) is 1. The molecule has 3 heterocycles. The second-order valence-corrected chi connectivity index (χ2v) is 12.6. The maximum atomic E-state index is 13.0. The predicted octanol–water partition coefficient (Wildman–Crippen LogP) is 5.46. The number of fused-ring (bicyclic) bond motifs is 1. The Morgan fingerprint density at radius 2 is 1.88 bits per heavy atom. The van der Waals surface area contributed by atoms with Gasteiger partial charge >= 0.3 is 6.09 Å². The lowest BCUT2D eigenvalue weighted by Crippen LogP contribution is -2.52. The van der Waals surface area contributed by atoms with Crippen LogP contribution in [0.4, 0.5) is 4.79 Å². The van der Waals surface area contributed by atoms with Crippen molar-refractivity contribution in [3.63, 3.8) is 0 Å². The Morgan fingerprint density at radius 3 is 2.58 bits per heavy atom. The third kappa shape index (κ3) is 7.73. The van der Waals surface area contributed by atoms with Crippen LogP contribution in [-0.2, 0) is 17.7 Å². The largest absolute Gasteiger partial charge is 0.491 e. The highest BCUT2D eigenvalue weighted by molar-refractivity contribution is 6.00. The van der Waals surface area contributed by atoms with Gasteiger partial charge in [-0.15, -0.1) is 5.10 Å². The first kappa shape index (κ1) is 30.5. The maximum Gasteiger partial charge on any atom is 0.410 e. The molecule has 1 atom stereocenters. The summed E-state index contributed by atoms with van der Waals surface area (Å²) in [6, 6.07) is 13.5. The minimum Gasteiger partial charge on any atom is -0.491 e. The normalized spacial score (nSPS) is 16.9. The Hall–Kier alpha value is -3.92.